The van der Waals surface area contributed by atoms with E-state index < -0.39 is 0 Å². The van der Waals surface area contributed by atoms with Crippen LogP contribution in [0, 0.1) is 0 Å². The van der Waals surface area contributed by atoms with Gasteiger partial charge in [-0.05, 0) is 37.8 Å². The maximum atomic E-state index is 12.5. The summed E-state index contributed by atoms with van der Waals surface area (Å²) in [6, 6.07) is 3.54. The number of nitrogens with zero attached hydrogens (tertiary/aromatic N) is 4. The maximum Gasteiger partial charge on any atom is 0.253 e. The maximum absolute atomic E-state index is 12.5. The number of hydrogen-bond donors (Lipinski definition) is 1. The lowest BCUT2D eigenvalue weighted by Gasteiger charge is -2.31. The van der Waals surface area contributed by atoms with Crippen LogP contribution < -0.4 is 0 Å². The quantitative estimate of drug-likeness (QED) is 0.941. The standard InChI is InChI=1S/C16H19N5O/c22-16(12-5-7-17-8-6-12)21-9-1-2-13(10-21)15-18-14(19-20-15)11-3-4-11/h5-8,11,13H,1-4,9-10H2,(H,18,19,20). The van der Waals surface area contributed by atoms with Crippen molar-refractivity contribution in [3.05, 3.63) is 41.7 Å². The summed E-state index contributed by atoms with van der Waals surface area (Å²) in [5.41, 5.74) is 0.698. The summed E-state index contributed by atoms with van der Waals surface area (Å²) in [5.74, 6) is 2.79. The molecule has 2 aliphatic rings. The average Bonchev–Trinajstić information content (AvgIpc) is 3.32. The number of amides is 1. The molecule has 0 bridgehead atoms. The lowest BCUT2D eigenvalue weighted by atomic mass is 9.97. The summed E-state index contributed by atoms with van der Waals surface area (Å²) in [6.45, 7) is 1.50. The molecule has 0 aromatic carbocycles. The van der Waals surface area contributed by atoms with Crippen LogP contribution in [0.3, 0.4) is 0 Å². The Kier molecular flexibility index (Phi) is 3.36. The van der Waals surface area contributed by atoms with Gasteiger partial charge in [0.15, 0.2) is 5.82 Å². The molecule has 1 saturated carbocycles. The number of likely N-dealkylation sites (tertiary alicyclic amines) is 1. The lowest BCUT2D eigenvalue weighted by molar-refractivity contribution is 0.0704. The second kappa shape index (κ2) is 5.51. The molecule has 2 aromatic heterocycles. The minimum atomic E-state index is 0.0741. The van der Waals surface area contributed by atoms with Crippen molar-refractivity contribution in [1.29, 1.82) is 0 Å². The fraction of sp³-hybridized carbons (Fsp3) is 0.500. The fourth-order valence-electron chi connectivity index (χ4n) is 3.06. The number of nitrogens with one attached hydrogen (secondary N) is 1. The van der Waals surface area contributed by atoms with Crippen LogP contribution >= 0.6 is 0 Å². The normalized spacial score (nSPS) is 21.8. The van der Waals surface area contributed by atoms with Gasteiger partial charge in [-0.2, -0.15) is 5.10 Å². The highest BCUT2D eigenvalue weighted by atomic mass is 16.2. The second-order valence-corrected chi connectivity index (χ2v) is 6.18. The van der Waals surface area contributed by atoms with Gasteiger partial charge in [0, 0.05) is 42.9 Å². The highest BCUT2D eigenvalue weighted by Crippen LogP contribution is 2.38. The third-order valence-electron chi connectivity index (χ3n) is 4.49. The molecule has 1 aliphatic carbocycles. The van der Waals surface area contributed by atoms with Crippen molar-refractivity contribution in [2.75, 3.05) is 13.1 Å². The summed E-state index contributed by atoms with van der Waals surface area (Å²) in [5, 5.41) is 7.45. The van der Waals surface area contributed by atoms with E-state index in [4.69, 9.17) is 0 Å². The lowest BCUT2D eigenvalue weighted by Crippen LogP contribution is -2.39. The van der Waals surface area contributed by atoms with Crippen LogP contribution in [0.25, 0.3) is 0 Å². The van der Waals surface area contributed by atoms with Gasteiger partial charge < -0.3 is 4.90 Å². The Hall–Kier alpha value is -2.24. The molecule has 6 nitrogen and oxygen atoms in total. The number of rotatable bonds is 3. The topological polar surface area (TPSA) is 74.8 Å². The first-order valence-electron chi connectivity index (χ1n) is 7.93. The molecule has 1 amide bonds. The van der Waals surface area contributed by atoms with E-state index >= 15 is 0 Å². The minimum Gasteiger partial charge on any atom is -0.338 e. The van der Waals surface area contributed by atoms with E-state index in [9.17, 15) is 4.79 Å². The third-order valence-corrected chi connectivity index (χ3v) is 4.49. The fourth-order valence-corrected chi connectivity index (χ4v) is 3.06. The molecule has 1 aliphatic heterocycles. The van der Waals surface area contributed by atoms with Crippen LogP contribution in [0.5, 0.6) is 0 Å². The molecule has 3 heterocycles. The van der Waals surface area contributed by atoms with Gasteiger partial charge in [-0.25, -0.2) is 4.98 Å². The van der Waals surface area contributed by atoms with Gasteiger partial charge in [-0.15, -0.1) is 0 Å². The van der Waals surface area contributed by atoms with E-state index in [1.54, 1.807) is 24.5 Å². The molecule has 2 fully saturated rings. The predicted octanol–water partition coefficient (Wildman–Crippen LogP) is 2.10. The van der Waals surface area contributed by atoms with E-state index in [1.165, 1.54) is 12.8 Å². The van der Waals surface area contributed by atoms with Crippen LogP contribution in [0.4, 0.5) is 0 Å². The molecule has 2 aromatic rings. The van der Waals surface area contributed by atoms with Crippen molar-refractivity contribution in [3.8, 4) is 0 Å². The smallest absolute Gasteiger partial charge is 0.253 e. The van der Waals surface area contributed by atoms with E-state index in [-0.39, 0.29) is 11.8 Å². The van der Waals surface area contributed by atoms with Gasteiger partial charge in [-0.3, -0.25) is 14.9 Å². The van der Waals surface area contributed by atoms with Crippen LogP contribution in [0.15, 0.2) is 24.5 Å². The average molecular weight is 297 g/mol. The Labute approximate surface area is 129 Å². The van der Waals surface area contributed by atoms with Crippen molar-refractivity contribution in [2.24, 2.45) is 0 Å². The molecule has 114 valence electrons. The Morgan fingerprint density at radius 2 is 2.00 bits per heavy atom. The highest BCUT2D eigenvalue weighted by molar-refractivity contribution is 5.94. The van der Waals surface area contributed by atoms with Gasteiger partial charge in [0.05, 0.1) is 0 Å². The first-order chi connectivity index (χ1) is 10.8. The number of carbonyl (C=O) groups excluding carboxylic acids is 1. The monoisotopic (exact) mass is 297 g/mol. The first kappa shape index (κ1) is 13.4. The predicted molar refractivity (Wildman–Crippen MR) is 80.5 cm³/mol. The molecule has 22 heavy (non-hydrogen) atoms. The van der Waals surface area contributed by atoms with Gasteiger partial charge >= 0.3 is 0 Å². The Bertz CT molecular complexity index is 664. The van der Waals surface area contributed by atoms with Crippen LogP contribution in [-0.2, 0) is 0 Å². The largest absolute Gasteiger partial charge is 0.338 e. The summed E-state index contributed by atoms with van der Waals surface area (Å²) in [7, 11) is 0. The van der Waals surface area contributed by atoms with Gasteiger partial charge in [-0.1, -0.05) is 0 Å². The molecule has 0 spiro atoms. The molecule has 1 N–H and O–H groups in total. The number of hydrogen-bond acceptors (Lipinski definition) is 4. The number of aromatic nitrogens is 4. The molecule has 1 unspecified atom stereocenters. The molecular weight excluding hydrogens is 278 g/mol. The Morgan fingerprint density at radius 3 is 2.77 bits per heavy atom. The van der Waals surface area contributed by atoms with E-state index in [0.29, 0.717) is 18.0 Å². The molecular formula is C16H19N5O. The second-order valence-electron chi connectivity index (χ2n) is 6.18. The van der Waals surface area contributed by atoms with Crippen molar-refractivity contribution >= 4 is 5.91 Å². The van der Waals surface area contributed by atoms with E-state index in [1.807, 2.05) is 4.90 Å². The molecule has 1 saturated heterocycles. The van der Waals surface area contributed by atoms with Crippen LogP contribution in [0.2, 0.25) is 0 Å². The summed E-state index contributed by atoms with van der Waals surface area (Å²) in [6.07, 6.45) is 7.78. The first-order valence-corrected chi connectivity index (χ1v) is 7.93. The van der Waals surface area contributed by atoms with Gasteiger partial charge in [0.1, 0.15) is 5.82 Å². The van der Waals surface area contributed by atoms with E-state index in [2.05, 4.69) is 20.2 Å². The zero-order valence-electron chi connectivity index (χ0n) is 12.4. The van der Waals surface area contributed by atoms with Crippen molar-refractivity contribution in [1.82, 2.24) is 25.1 Å². The zero-order valence-corrected chi connectivity index (χ0v) is 12.4. The molecule has 6 heteroatoms. The molecule has 4 rings (SSSR count). The molecule has 1 atom stereocenters. The van der Waals surface area contributed by atoms with Crippen LogP contribution in [0.1, 0.15) is 59.5 Å². The minimum absolute atomic E-state index is 0.0741. The van der Waals surface area contributed by atoms with Crippen molar-refractivity contribution < 1.29 is 4.79 Å². The SMILES string of the molecule is O=C(c1ccncc1)N1CCCC(c2n[nH]c(C3CC3)n2)C1. The zero-order chi connectivity index (χ0) is 14.9. The van der Waals surface area contributed by atoms with Crippen LogP contribution in [-0.4, -0.2) is 44.1 Å². The van der Waals surface area contributed by atoms with Crippen molar-refractivity contribution in [2.45, 2.75) is 37.5 Å². The van der Waals surface area contributed by atoms with Crippen molar-refractivity contribution in [3.63, 3.8) is 0 Å². The number of H-pyrrole nitrogens is 1. The third kappa shape index (κ3) is 2.61. The number of carbonyl (C=O) groups is 1. The Balaban J connectivity index is 1.48. The number of aromatic amines is 1. The van der Waals surface area contributed by atoms with Gasteiger partial charge in [0.2, 0.25) is 0 Å². The summed E-state index contributed by atoms with van der Waals surface area (Å²) >= 11 is 0. The van der Waals surface area contributed by atoms with Gasteiger partial charge in [0.25, 0.3) is 5.91 Å². The highest BCUT2D eigenvalue weighted by Gasteiger charge is 2.31. The molecule has 0 radical (unpaired) electrons. The number of pyridine rings is 1. The summed E-state index contributed by atoms with van der Waals surface area (Å²) < 4.78 is 0. The van der Waals surface area contributed by atoms with E-state index in [0.717, 1.165) is 31.0 Å². The Morgan fingerprint density at radius 1 is 1.18 bits per heavy atom. The summed E-state index contributed by atoms with van der Waals surface area (Å²) in [4.78, 5) is 23.1. The number of piperidine rings is 1.